The Labute approximate surface area is 174 Å². The van der Waals surface area contributed by atoms with Crippen LogP contribution in [-0.4, -0.2) is 87.3 Å². The zero-order valence-electron chi connectivity index (χ0n) is 16.6. The van der Waals surface area contributed by atoms with Crippen LogP contribution >= 0.6 is 0 Å². The van der Waals surface area contributed by atoms with Crippen molar-refractivity contribution in [3.05, 3.63) is 29.5 Å². The van der Waals surface area contributed by atoms with Crippen LogP contribution in [0, 0.1) is 17.6 Å². The van der Waals surface area contributed by atoms with E-state index < -0.39 is 22.8 Å². The molecule has 0 aromatic rings. The molecule has 2 unspecified atom stereocenters. The molecule has 1 N–H and O–H groups in total. The number of hydrogen-bond donors (Lipinski definition) is 1. The average Bonchev–Trinajstić information content (AvgIpc) is 3.16. The molecule has 0 bridgehead atoms. The third-order valence-electron chi connectivity index (χ3n) is 6.18. The Hall–Kier alpha value is -2.87. The van der Waals surface area contributed by atoms with Crippen molar-refractivity contribution in [2.45, 2.75) is 44.0 Å². The van der Waals surface area contributed by atoms with Crippen LogP contribution in [0.25, 0.3) is 0 Å². The van der Waals surface area contributed by atoms with Gasteiger partial charge < -0.3 is 29.8 Å². The van der Waals surface area contributed by atoms with Gasteiger partial charge in [-0.25, -0.2) is 4.65 Å². The molecule has 30 heavy (non-hydrogen) atoms. The molecule has 10 heteroatoms. The van der Waals surface area contributed by atoms with Crippen molar-refractivity contribution in [1.82, 2.24) is 14.7 Å². The summed E-state index contributed by atoms with van der Waals surface area (Å²) in [5.41, 5.74) is 0.713. The summed E-state index contributed by atoms with van der Waals surface area (Å²) in [4.78, 5) is 34.4. The number of amides is 2. The van der Waals surface area contributed by atoms with Crippen LogP contribution in [0.5, 0.6) is 0 Å². The van der Waals surface area contributed by atoms with E-state index in [1.54, 1.807) is 29.7 Å². The fourth-order valence-electron chi connectivity index (χ4n) is 4.62. The van der Waals surface area contributed by atoms with Crippen molar-refractivity contribution in [3.63, 3.8) is 0 Å². The number of aliphatic imine (C=N–C) groups is 1. The Morgan fingerprint density at radius 3 is 2.83 bits per heavy atom. The summed E-state index contributed by atoms with van der Waals surface area (Å²) in [7, 11) is 0. The number of piperazine rings is 1. The SMILES string of the molecule is C#CCOC1CCC(N2CC[N+]([O-])(C(=O)O)C(N3C=C4C=NC=CN4C3)C2=O)CC1. The van der Waals surface area contributed by atoms with Crippen molar-refractivity contribution in [2.75, 3.05) is 26.4 Å². The normalized spacial score (nSPS) is 33.3. The van der Waals surface area contributed by atoms with E-state index in [2.05, 4.69) is 10.9 Å². The number of quaternary nitrogens is 1. The van der Waals surface area contributed by atoms with Gasteiger partial charge in [0.15, 0.2) is 0 Å². The molecular formula is C20H25N5O5. The molecule has 0 radical (unpaired) electrons. The molecule has 1 aliphatic carbocycles. The lowest BCUT2D eigenvalue weighted by Crippen LogP contribution is -2.72. The summed E-state index contributed by atoms with van der Waals surface area (Å²) >= 11 is 0. The van der Waals surface area contributed by atoms with E-state index in [0.717, 1.165) is 25.7 Å². The van der Waals surface area contributed by atoms with Gasteiger partial charge in [0.05, 0.1) is 24.6 Å². The molecule has 160 valence electrons. The number of nitrogens with zero attached hydrogens (tertiary/aromatic N) is 5. The standard InChI is InChI=1S/C20H25N5O5/c1-2-11-30-17-5-3-15(4-6-17)24-9-10-25(29,20(27)28)18(19(24)26)23-13-16-12-21-7-8-22(16)14-23/h1,7-8,12-13,15,17-18H,3-6,9-11,14H2,(H,27,28). The second kappa shape index (κ2) is 8.10. The molecule has 0 aromatic carbocycles. The number of carbonyl (C=O) groups is 2. The second-order valence-corrected chi connectivity index (χ2v) is 7.91. The first-order chi connectivity index (χ1) is 14.4. The molecule has 10 nitrogen and oxygen atoms in total. The Balaban J connectivity index is 1.52. The molecule has 1 saturated carbocycles. The predicted octanol–water partition coefficient (Wildman–Crippen LogP) is 1.08. The summed E-state index contributed by atoms with van der Waals surface area (Å²) in [5, 5.41) is 22.9. The molecular weight excluding hydrogens is 390 g/mol. The Morgan fingerprint density at radius 2 is 2.17 bits per heavy atom. The molecule has 0 spiro atoms. The van der Waals surface area contributed by atoms with Crippen molar-refractivity contribution >= 4 is 18.2 Å². The Bertz CT molecular complexity index is 841. The number of terminal acetylenes is 1. The molecule has 4 aliphatic rings. The minimum atomic E-state index is -1.60. The van der Waals surface area contributed by atoms with E-state index >= 15 is 0 Å². The molecule has 1 saturated heterocycles. The predicted molar refractivity (Wildman–Crippen MR) is 107 cm³/mol. The number of carbonyl (C=O) groups excluding carboxylic acids is 1. The van der Waals surface area contributed by atoms with E-state index in [-0.39, 0.29) is 38.5 Å². The zero-order chi connectivity index (χ0) is 21.3. The lowest BCUT2D eigenvalue weighted by atomic mass is 9.91. The van der Waals surface area contributed by atoms with Gasteiger partial charge in [-0.1, -0.05) is 5.92 Å². The summed E-state index contributed by atoms with van der Waals surface area (Å²) in [6.45, 7) is 0.432. The first-order valence-electron chi connectivity index (χ1n) is 10.1. The van der Waals surface area contributed by atoms with E-state index in [0.29, 0.717) is 5.70 Å². The molecule has 2 amide bonds. The third-order valence-corrected chi connectivity index (χ3v) is 6.18. The van der Waals surface area contributed by atoms with Gasteiger partial charge in [0, 0.05) is 24.6 Å². The summed E-state index contributed by atoms with van der Waals surface area (Å²) in [6, 6.07) is -0.0347. The first kappa shape index (κ1) is 20.4. The smallest absolute Gasteiger partial charge is 0.515 e. The lowest BCUT2D eigenvalue weighted by Gasteiger charge is -2.52. The number of ether oxygens (including phenoxy) is 1. The van der Waals surface area contributed by atoms with Gasteiger partial charge in [0.25, 0.3) is 6.17 Å². The second-order valence-electron chi connectivity index (χ2n) is 7.91. The van der Waals surface area contributed by atoms with Crippen molar-refractivity contribution < 1.29 is 24.1 Å². The fraction of sp³-hybridized carbons (Fsp3) is 0.550. The first-order valence-corrected chi connectivity index (χ1v) is 10.1. The van der Waals surface area contributed by atoms with Gasteiger partial charge in [0.1, 0.15) is 19.8 Å². The Kier molecular flexibility index (Phi) is 5.51. The van der Waals surface area contributed by atoms with Crippen LogP contribution in [0.4, 0.5) is 4.79 Å². The maximum absolute atomic E-state index is 13.4. The summed E-state index contributed by atoms with van der Waals surface area (Å²) in [6.07, 6.45) is 12.0. The molecule has 0 aromatic heterocycles. The van der Waals surface area contributed by atoms with Gasteiger partial charge in [0.2, 0.25) is 0 Å². The van der Waals surface area contributed by atoms with Crippen LogP contribution in [-0.2, 0) is 9.53 Å². The largest absolute Gasteiger partial charge is 0.621 e. The van der Waals surface area contributed by atoms with Crippen LogP contribution in [0.1, 0.15) is 25.7 Å². The molecule has 2 fully saturated rings. The monoisotopic (exact) mass is 415 g/mol. The van der Waals surface area contributed by atoms with Crippen molar-refractivity contribution in [2.24, 2.45) is 4.99 Å². The number of carboxylic acid groups (broad SMARTS) is 1. The van der Waals surface area contributed by atoms with E-state index in [4.69, 9.17) is 11.2 Å². The number of hydroxylamine groups is 3. The van der Waals surface area contributed by atoms with Gasteiger partial charge in [-0.3, -0.25) is 9.79 Å². The molecule has 4 rings (SSSR count). The number of rotatable bonds is 4. The van der Waals surface area contributed by atoms with E-state index in [1.807, 2.05) is 4.90 Å². The van der Waals surface area contributed by atoms with Crippen LogP contribution in [0.15, 0.2) is 29.3 Å². The molecule has 3 aliphatic heterocycles. The minimum absolute atomic E-state index is 0.0347. The fourth-order valence-corrected chi connectivity index (χ4v) is 4.62. The maximum Gasteiger partial charge on any atom is 0.515 e. The molecule has 2 atom stereocenters. The van der Waals surface area contributed by atoms with Gasteiger partial charge in [-0.05, 0) is 25.7 Å². The molecule has 3 heterocycles. The highest BCUT2D eigenvalue weighted by Gasteiger charge is 2.53. The van der Waals surface area contributed by atoms with Crippen molar-refractivity contribution in [1.29, 1.82) is 0 Å². The summed E-state index contributed by atoms with van der Waals surface area (Å²) in [5.74, 6) is 2.03. The van der Waals surface area contributed by atoms with Crippen LogP contribution in [0.2, 0.25) is 0 Å². The topological polar surface area (TPSA) is 109 Å². The Morgan fingerprint density at radius 1 is 1.40 bits per heavy atom. The van der Waals surface area contributed by atoms with Crippen LogP contribution in [0.3, 0.4) is 0 Å². The van der Waals surface area contributed by atoms with Gasteiger partial charge in [-0.15, -0.1) is 6.42 Å². The summed E-state index contributed by atoms with van der Waals surface area (Å²) < 4.78 is 4.00. The van der Waals surface area contributed by atoms with Gasteiger partial charge >= 0.3 is 12.0 Å². The highest BCUT2D eigenvalue weighted by Crippen LogP contribution is 2.33. The van der Waals surface area contributed by atoms with E-state index in [9.17, 15) is 19.9 Å². The van der Waals surface area contributed by atoms with E-state index in [1.165, 1.54) is 4.90 Å². The third kappa shape index (κ3) is 3.56. The highest BCUT2D eigenvalue weighted by atomic mass is 16.6. The van der Waals surface area contributed by atoms with Gasteiger partial charge in [-0.2, -0.15) is 4.79 Å². The quantitative estimate of drug-likeness (QED) is 0.416. The highest BCUT2D eigenvalue weighted by molar-refractivity contribution is 5.84. The number of fused-ring (bicyclic) bond motifs is 1. The van der Waals surface area contributed by atoms with Crippen LogP contribution < -0.4 is 0 Å². The zero-order valence-corrected chi connectivity index (χ0v) is 16.6. The minimum Gasteiger partial charge on any atom is -0.621 e. The number of hydrogen-bond acceptors (Lipinski definition) is 7. The number of allylic oxidation sites excluding steroid dienone is 1. The van der Waals surface area contributed by atoms with Crippen molar-refractivity contribution in [3.8, 4) is 12.3 Å². The maximum atomic E-state index is 13.4. The lowest BCUT2D eigenvalue weighted by molar-refractivity contribution is -0.840. The average molecular weight is 415 g/mol.